The van der Waals surface area contributed by atoms with Gasteiger partial charge in [-0.05, 0) is 47.9 Å². The SMILES string of the molecule is NCC1=C(O)C=CC(=Cc2cc(O)ccc2O)C1. The lowest BCUT2D eigenvalue weighted by Gasteiger charge is -2.13. The first kappa shape index (κ1) is 12.3. The van der Waals surface area contributed by atoms with E-state index in [0.29, 0.717) is 18.5 Å². The number of nitrogens with two attached hydrogens (primary N) is 1. The van der Waals surface area contributed by atoms with Gasteiger partial charge in [0.25, 0.3) is 0 Å². The molecule has 1 aromatic carbocycles. The first-order valence-electron chi connectivity index (χ1n) is 5.62. The minimum Gasteiger partial charge on any atom is -0.508 e. The maximum absolute atomic E-state index is 9.67. The summed E-state index contributed by atoms with van der Waals surface area (Å²) in [6.45, 7) is 0.291. The standard InChI is InChI=1S/C14H15NO3/c15-8-11-6-9(1-3-14(11)18)5-10-7-12(16)2-4-13(10)17/h1-5,7,16-18H,6,8,15H2. The van der Waals surface area contributed by atoms with Crippen molar-refractivity contribution in [1.82, 2.24) is 0 Å². The van der Waals surface area contributed by atoms with Gasteiger partial charge in [0.05, 0.1) is 0 Å². The maximum Gasteiger partial charge on any atom is 0.123 e. The summed E-state index contributed by atoms with van der Waals surface area (Å²) in [5, 5.41) is 28.6. The Labute approximate surface area is 105 Å². The fourth-order valence-electron chi connectivity index (χ4n) is 1.83. The third-order valence-corrected chi connectivity index (χ3v) is 2.83. The third-order valence-electron chi connectivity index (χ3n) is 2.83. The van der Waals surface area contributed by atoms with Crippen molar-refractivity contribution in [1.29, 1.82) is 0 Å². The van der Waals surface area contributed by atoms with E-state index in [0.717, 1.165) is 11.1 Å². The summed E-state index contributed by atoms with van der Waals surface area (Å²) in [5.74, 6) is 0.397. The van der Waals surface area contributed by atoms with Crippen molar-refractivity contribution in [2.45, 2.75) is 6.42 Å². The van der Waals surface area contributed by atoms with Gasteiger partial charge >= 0.3 is 0 Å². The van der Waals surface area contributed by atoms with Gasteiger partial charge in [0.15, 0.2) is 0 Å². The van der Waals surface area contributed by atoms with Gasteiger partial charge in [-0.2, -0.15) is 0 Å². The Hall–Kier alpha value is -2.20. The van der Waals surface area contributed by atoms with Gasteiger partial charge in [0.1, 0.15) is 17.3 Å². The van der Waals surface area contributed by atoms with E-state index in [-0.39, 0.29) is 17.3 Å². The second-order valence-electron chi connectivity index (χ2n) is 4.17. The average Bonchev–Trinajstić information content (AvgIpc) is 2.36. The van der Waals surface area contributed by atoms with E-state index in [2.05, 4.69) is 0 Å². The van der Waals surface area contributed by atoms with Crippen LogP contribution in [0.3, 0.4) is 0 Å². The topological polar surface area (TPSA) is 86.7 Å². The summed E-state index contributed by atoms with van der Waals surface area (Å²) in [6, 6.07) is 4.34. The van der Waals surface area contributed by atoms with Crippen LogP contribution in [-0.4, -0.2) is 21.9 Å². The summed E-state index contributed by atoms with van der Waals surface area (Å²) in [4.78, 5) is 0. The Kier molecular flexibility index (Phi) is 3.39. The van der Waals surface area contributed by atoms with Gasteiger partial charge in [0.2, 0.25) is 0 Å². The number of hydrogen-bond donors (Lipinski definition) is 4. The fourth-order valence-corrected chi connectivity index (χ4v) is 1.83. The highest BCUT2D eigenvalue weighted by atomic mass is 16.3. The predicted molar refractivity (Wildman–Crippen MR) is 70.2 cm³/mol. The lowest BCUT2D eigenvalue weighted by Crippen LogP contribution is -2.08. The molecule has 0 spiro atoms. The highest BCUT2D eigenvalue weighted by Crippen LogP contribution is 2.28. The largest absolute Gasteiger partial charge is 0.508 e. The molecule has 0 fully saturated rings. The van der Waals surface area contributed by atoms with Crippen molar-refractivity contribution in [2.24, 2.45) is 5.73 Å². The van der Waals surface area contributed by atoms with Gasteiger partial charge in [-0.15, -0.1) is 0 Å². The van der Waals surface area contributed by atoms with Crippen molar-refractivity contribution in [3.05, 3.63) is 52.8 Å². The van der Waals surface area contributed by atoms with Gasteiger partial charge in [-0.3, -0.25) is 0 Å². The molecule has 18 heavy (non-hydrogen) atoms. The summed E-state index contributed by atoms with van der Waals surface area (Å²) < 4.78 is 0. The molecule has 5 N–H and O–H groups in total. The smallest absolute Gasteiger partial charge is 0.123 e. The monoisotopic (exact) mass is 245 g/mol. The number of phenolic OH excluding ortho intramolecular Hbond substituents is 2. The number of rotatable bonds is 2. The van der Waals surface area contributed by atoms with Crippen LogP contribution in [0.1, 0.15) is 12.0 Å². The second kappa shape index (κ2) is 4.98. The van der Waals surface area contributed by atoms with Crippen LogP contribution >= 0.6 is 0 Å². The molecule has 0 saturated carbocycles. The zero-order chi connectivity index (χ0) is 13.1. The number of aromatic hydroxyl groups is 2. The van der Waals surface area contributed by atoms with Gasteiger partial charge < -0.3 is 21.1 Å². The number of phenols is 2. The van der Waals surface area contributed by atoms with Crippen LogP contribution in [0, 0.1) is 0 Å². The summed E-state index contributed by atoms with van der Waals surface area (Å²) in [6.07, 6.45) is 5.64. The van der Waals surface area contributed by atoms with E-state index < -0.39 is 0 Å². The molecule has 1 aliphatic rings. The van der Waals surface area contributed by atoms with E-state index in [1.807, 2.05) is 0 Å². The lowest BCUT2D eigenvalue weighted by atomic mass is 9.96. The normalized spacial score (nSPS) is 17.5. The van der Waals surface area contributed by atoms with Crippen molar-refractivity contribution in [2.75, 3.05) is 6.54 Å². The Balaban J connectivity index is 2.31. The average molecular weight is 245 g/mol. The molecule has 0 radical (unpaired) electrons. The molecule has 2 rings (SSSR count). The van der Waals surface area contributed by atoms with Crippen LogP contribution in [0.4, 0.5) is 0 Å². The molecular weight excluding hydrogens is 230 g/mol. The molecule has 0 aliphatic heterocycles. The number of hydrogen-bond acceptors (Lipinski definition) is 4. The van der Waals surface area contributed by atoms with Gasteiger partial charge in [-0.1, -0.05) is 6.08 Å². The number of allylic oxidation sites excluding steroid dienone is 3. The highest BCUT2D eigenvalue weighted by molar-refractivity contribution is 5.64. The van der Waals surface area contributed by atoms with Crippen molar-refractivity contribution in [3.8, 4) is 11.5 Å². The Morgan fingerprint density at radius 1 is 1.17 bits per heavy atom. The molecule has 0 aromatic heterocycles. The minimum absolute atomic E-state index is 0.0943. The summed E-state index contributed by atoms with van der Waals surface area (Å²) in [7, 11) is 0. The molecule has 1 aliphatic carbocycles. The Bertz CT molecular complexity index is 556. The molecule has 4 nitrogen and oxygen atoms in total. The van der Waals surface area contributed by atoms with Crippen LogP contribution in [0.15, 0.2) is 47.3 Å². The molecule has 1 aromatic rings. The molecule has 0 unspecified atom stereocenters. The van der Waals surface area contributed by atoms with E-state index in [1.165, 1.54) is 18.2 Å². The van der Waals surface area contributed by atoms with E-state index in [9.17, 15) is 15.3 Å². The van der Waals surface area contributed by atoms with E-state index >= 15 is 0 Å². The van der Waals surface area contributed by atoms with Crippen LogP contribution in [0.2, 0.25) is 0 Å². The molecular formula is C14H15NO3. The van der Waals surface area contributed by atoms with Crippen molar-refractivity contribution < 1.29 is 15.3 Å². The minimum atomic E-state index is 0.0943. The Morgan fingerprint density at radius 3 is 2.67 bits per heavy atom. The zero-order valence-corrected chi connectivity index (χ0v) is 9.80. The second-order valence-corrected chi connectivity index (χ2v) is 4.17. The molecule has 94 valence electrons. The molecule has 0 heterocycles. The molecule has 0 amide bonds. The molecule has 0 atom stereocenters. The number of benzene rings is 1. The van der Waals surface area contributed by atoms with Crippen LogP contribution in [0.5, 0.6) is 11.5 Å². The molecule has 0 saturated heterocycles. The third kappa shape index (κ3) is 2.55. The van der Waals surface area contributed by atoms with Crippen LogP contribution in [-0.2, 0) is 0 Å². The number of aliphatic hydroxyl groups is 1. The number of aliphatic hydroxyl groups excluding tert-OH is 1. The van der Waals surface area contributed by atoms with Crippen molar-refractivity contribution in [3.63, 3.8) is 0 Å². The fraction of sp³-hybridized carbons (Fsp3) is 0.143. The van der Waals surface area contributed by atoms with Crippen molar-refractivity contribution >= 4 is 6.08 Å². The van der Waals surface area contributed by atoms with Gasteiger partial charge in [-0.25, -0.2) is 0 Å². The maximum atomic E-state index is 9.67. The summed E-state index contributed by atoms with van der Waals surface area (Å²) in [5.41, 5.74) is 7.73. The quantitative estimate of drug-likeness (QED) is 0.602. The molecule has 4 heteroatoms. The van der Waals surface area contributed by atoms with Crippen LogP contribution < -0.4 is 5.73 Å². The van der Waals surface area contributed by atoms with E-state index in [4.69, 9.17) is 5.73 Å². The van der Waals surface area contributed by atoms with Crippen LogP contribution in [0.25, 0.3) is 6.08 Å². The first-order valence-corrected chi connectivity index (χ1v) is 5.62. The Morgan fingerprint density at radius 2 is 1.94 bits per heavy atom. The highest BCUT2D eigenvalue weighted by Gasteiger charge is 2.10. The summed E-state index contributed by atoms with van der Waals surface area (Å²) >= 11 is 0. The van der Waals surface area contributed by atoms with E-state index in [1.54, 1.807) is 18.2 Å². The lowest BCUT2D eigenvalue weighted by molar-refractivity contribution is 0.421. The first-order chi connectivity index (χ1) is 8.60. The zero-order valence-electron chi connectivity index (χ0n) is 9.80. The molecule has 0 bridgehead atoms. The van der Waals surface area contributed by atoms with Gasteiger partial charge in [0, 0.05) is 12.1 Å². The predicted octanol–water partition coefficient (Wildman–Crippen LogP) is 2.21.